The van der Waals surface area contributed by atoms with Crippen LogP contribution in [0.3, 0.4) is 0 Å². The highest BCUT2D eigenvalue weighted by Gasteiger charge is 2.12. The molecule has 0 amide bonds. The molecule has 3 aromatic heterocycles. The molecular weight excluding hydrogens is 342 g/mol. The zero-order valence-electron chi connectivity index (χ0n) is 14.5. The second-order valence-corrected chi connectivity index (χ2v) is 6.22. The second kappa shape index (κ2) is 6.60. The van der Waals surface area contributed by atoms with E-state index in [1.807, 2.05) is 48.7 Å². The summed E-state index contributed by atoms with van der Waals surface area (Å²) >= 11 is 0. The molecule has 0 atom stereocenters. The highest BCUT2D eigenvalue weighted by Crippen LogP contribution is 2.33. The molecule has 27 heavy (non-hydrogen) atoms. The number of fused-ring (bicyclic) bond motifs is 2. The van der Waals surface area contributed by atoms with Gasteiger partial charge in [-0.3, -0.25) is 0 Å². The molecule has 0 radical (unpaired) electrons. The van der Waals surface area contributed by atoms with Gasteiger partial charge in [0, 0.05) is 36.1 Å². The summed E-state index contributed by atoms with van der Waals surface area (Å²) in [5, 5.41) is 11.9. The Morgan fingerprint density at radius 1 is 0.926 bits per heavy atom. The molecule has 0 saturated carbocycles. The van der Waals surface area contributed by atoms with Crippen LogP contribution in [0.25, 0.3) is 16.6 Å². The molecule has 0 bridgehead atoms. The lowest BCUT2D eigenvalue weighted by Crippen LogP contribution is -1.97. The summed E-state index contributed by atoms with van der Waals surface area (Å²) in [6.45, 7) is 1.34. The third-order valence-electron chi connectivity index (χ3n) is 4.39. The number of aromatic nitrogens is 4. The summed E-state index contributed by atoms with van der Waals surface area (Å²) in [7, 11) is 0. The first-order chi connectivity index (χ1) is 13.4. The Bertz CT molecular complexity index is 1110. The van der Waals surface area contributed by atoms with Gasteiger partial charge in [-0.2, -0.15) is 14.8 Å². The van der Waals surface area contributed by atoms with Crippen molar-refractivity contribution in [3.63, 3.8) is 0 Å². The highest BCUT2D eigenvalue weighted by molar-refractivity contribution is 5.81. The van der Waals surface area contributed by atoms with Crippen LogP contribution >= 0.6 is 0 Å². The number of rotatable bonds is 3. The fraction of sp³-hybridized carbons (Fsp3) is 0.150. The monoisotopic (exact) mass is 359 g/mol. The Morgan fingerprint density at radius 3 is 2.81 bits per heavy atom. The van der Waals surface area contributed by atoms with Crippen molar-refractivity contribution in [2.24, 2.45) is 0 Å². The van der Waals surface area contributed by atoms with Gasteiger partial charge in [0.15, 0.2) is 11.5 Å². The molecule has 0 unspecified atom stereocenters. The fourth-order valence-electron chi connectivity index (χ4n) is 3.11. The summed E-state index contributed by atoms with van der Waals surface area (Å²) in [6.07, 6.45) is 6.19. The molecule has 0 saturated heterocycles. The number of hydrogen-bond acceptors (Lipinski definition) is 6. The maximum Gasteiger partial charge on any atom is 0.163 e. The smallest absolute Gasteiger partial charge is 0.163 e. The molecule has 4 heterocycles. The van der Waals surface area contributed by atoms with E-state index >= 15 is 0 Å². The summed E-state index contributed by atoms with van der Waals surface area (Å²) in [6, 6.07) is 13.7. The van der Waals surface area contributed by atoms with Gasteiger partial charge < -0.3 is 14.8 Å². The first-order valence-corrected chi connectivity index (χ1v) is 8.79. The molecule has 0 aliphatic carbocycles. The summed E-state index contributed by atoms with van der Waals surface area (Å²) in [5.74, 6) is 2.27. The fourth-order valence-corrected chi connectivity index (χ4v) is 3.11. The van der Waals surface area contributed by atoms with Gasteiger partial charge in [0.05, 0.1) is 24.9 Å². The Labute approximate surface area is 155 Å². The van der Waals surface area contributed by atoms with Crippen molar-refractivity contribution in [3.05, 3.63) is 61.1 Å². The van der Waals surface area contributed by atoms with Gasteiger partial charge in [-0.15, -0.1) is 0 Å². The van der Waals surface area contributed by atoms with Crippen LogP contribution in [-0.4, -0.2) is 33.0 Å². The van der Waals surface area contributed by atoms with Crippen LogP contribution in [0.4, 0.5) is 11.5 Å². The van der Waals surface area contributed by atoms with Crippen LogP contribution in [0.5, 0.6) is 11.5 Å². The summed E-state index contributed by atoms with van der Waals surface area (Å²) < 4.78 is 13.1. The molecule has 4 aromatic rings. The average molecular weight is 359 g/mol. The van der Waals surface area contributed by atoms with Crippen LogP contribution in [0.2, 0.25) is 0 Å². The zero-order valence-corrected chi connectivity index (χ0v) is 14.5. The lowest BCUT2D eigenvalue weighted by atomic mass is 10.1. The number of ether oxygens (including phenoxy) is 2. The first kappa shape index (κ1) is 15.6. The minimum Gasteiger partial charge on any atom is -0.490 e. The van der Waals surface area contributed by atoms with Gasteiger partial charge in [-0.1, -0.05) is 0 Å². The van der Waals surface area contributed by atoms with E-state index in [-0.39, 0.29) is 0 Å². The van der Waals surface area contributed by atoms with E-state index in [1.54, 1.807) is 17.0 Å². The van der Waals surface area contributed by atoms with Gasteiger partial charge in [0.25, 0.3) is 0 Å². The van der Waals surface area contributed by atoms with Crippen molar-refractivity contribution < 1.29 is 9.47 Å². The Hall–Kier alpha value is -3.61. The number of hydrogen-bond donors (Lipinski definition) is 1. The zero-order chi connectivity index (χ0) is 18.1. The molecule has 7 heteroatoms. The van der Waals surface area contributed by atoms with Crippen LogP contribution < -0.4 is 14.8 Å². The minimum absolute atomic E-state index is 0.660. The number of anilines is 2. The van der Waals surface area contributed by atoms with Crippen molar-refractivity contribution in [2.75, 3.05) is 18.5 Å². The van der Waals surface area contributed by atoms with E-state index < -0.39 is 0 Å². The predicted octanol–water partition coefficient (Wildman–Crippen LogP) is 3.70. The normalized spacial score (nSPS) is 13.3. The molecule has 1 aliphatic heterocycles. The van der Waals surface area contributed by atoms with Crippen LogP contribution in [0.1, 0.15) is 6.42 Å². The van der Waals surface area contributed by atoms with Gasteiger partial charge in [-0.25, -0.2) is 4.98 Å². The second-order valence-electron chi connectivity index (χ2n) is 6.22. The maximum absolute atomic E-state index is 5.75. The van der Waals surface area contributed by atoms with E-state index in [9.17, 15) is 0 Å². The first-order valence-electron chi connectivity index (χ1n) is 8.79. The van der Waals surface area contributed by atoms with Crippen molar-refractivity contribution in [2.45, 2.75) is 6.42 Å². The van der Waals surface area contributed by atoms with Gasteiger partial charge in [0.1, 0.15) is 5.82 Å². The van der Waals surface area contributed by atoms with Crippen LogP contribution in [0, 0.1) is 0 Å². The average Bonchev–Trinajstić information content (AvgIpc) is 3.00. The molecule has 1 N–H and O–H groups in total. The maximum atomic E-state index is 5.75. The summed E-state index contributed by atoms with van der Waals surface area (Å²) in [5.41, 5.74) is 3.87. The third kappa shape index (κ3) is 3.03. The molecule has 5 rings (SSSR count). The van der Waals surface area contributed by atoms with Crippen LogP contribution in [0.15, 0.2) is 61.1 Å². The van der Waals surface area contributed by atoms with E-state index in [4.69, 9.17) is 9.47 Å². The quantitative estimate of drug-likeness (QED) is 0.601. The lowest BCUT2D eigenvalue weighted by molar-refractivity contribution is 0.297. The van der Waals surface area contributed by atoms with E-state index in [0.29, 0.717) is 13.2 Å². The Kier molecular flexibility index (Phi) is 3.82. The van der Waals surface area contributed by atoms with Gasteiger partial charge in [-0.05, 0) is 42.0 Å². The number of nitrogens with zero attached hydrogens (tertiary/aromatic N) is 4. The van der Waals surface area contributed by atoms with Crippen molar-refractivity contribution >= 4 is 17.0 Å². The van der Waals surface area contributed by atoms with Gasteiger partial charge >= 0.3 is 0 Å². The largest absolute Gasteiger partial charge is 0.490 e. The number of pyridine rings is 1. The van der Waals surface area contributed by atoms with Crippen molar-refractivity contribution in [1.82, 2.24) is 19.8 Å². The van der Waals surface area contributed by atoms with E-state index in [2.05, 4.69) is 20.5 Å². The molecule has 0 spiro atoms. The highest BCUT2D eigenvalue weighted by atomic mass is 16.5. The number of nitrogens with one attached hydrogen (secondary N) is 1. The van der Waals surface area contributed by atoms with E-state index in [0.717, 1.165) is 46.1 Å². The van der Waals surface area contributed by atoms with Crippen molar-refractivity contribution in [3.8, 4) is 22.6 Å². The lowest BCUT2D eigenvalue weighted by Gasteiger charge is -2.11. The topological polar surface area (TPSA) is 73.6 Å². The number of benzene rings is 1. The Balaban J connectivity index is 1.45. The SMILES string of the molecule is c1cnn2ncc(-c3ccnc(Nc4ccc5c(c4)OCCCO5)c3)c2c1. The minimum atomic E-state index is 0.660. The molecule has 1 aromatic carbocycles. The molecule has 1 aliphatic rings. The predicted molar refractivity (Wildman–Crippen MR) is 102 cm³/mol. The molecule has 7 nitrogen and oxygen atoms in total. The van der Waals surface area contributed by atoms with Crippen molar-refractivity contribution in [1.29, 1.82) is 0 Å². The Morgan fingerprint density at radius 2 is 1.85 bits per heavy atom. The molecule has 0 fully saturated rings. The standard InChI is InChI=1S/C20H17N5O2/c1-3-17-16(13-23-25(17)22-7-1)14-6-8-21-20(11-14)24-15-4-5-18-19(12-15)27-10-2-9-26-18/h1,3-8,11-13H,2,9-10H2,(H,21,24). The van der Waals surface area contributed by atoms with Gasteiger partial charge in [0.2, 0.25) is 0 Å². The molecular formula is C20H17N5O2. The summed E-state index contributed by atoms with van der Waals surface area (Å²) in [4.78, 5) is 4.43. The van der Waals surface area contributed by atoms with E-state index in [1.165, 1.54) is 0 Å². The van der Waals surface area contributed by atoms with Crippen LogP contribution in [-0.2, 0) is 0 Å². The molecule has 134 valence electrons. The third-order valence-corrected chi connectivity index (χ3v) is 4.39.